The predicted octanol–water partition coefficient (Wildman–Crippen LogP) is 3.71. The molecule has 2 aliphatic rings. The molecule has 6 nitrogen and oxygen atoms in total. The van der Waals surface area contributed by atoms with Crippen molar-refractivity contribution < 1.29 is 9.59 Å². The summed E-state index contributed by atoms with van der Waals surface area (Å²) in [5.74, 6) is 0.159. The van der Waals surface area contributed by atoms with E-state index in [9.17, 15) is 9.59 Å². The molecule has 0 spiro atoms. The van der Waals surface area contributed by atoms with Crippen LogP contribution < -0.4 is 5.32 Å². The lowest BCUT2D eigenvalue weighted by Crippen LogP contribution is -2.64. The number of benzene rings is 3. The smallest absolute Gasteiger partial charge is 0.256 e. The number of likely N-dealkylation sites (tertiary alicyclic amines) is 1. The molecule has 2 amide bonds. The summed E-state index contributed by atoms with van der Waals surface area (Å²) >= 11 is 0. The lowest BCUT2D eigenvalue weighted by Gasteiger charge is -2.48. The molecule has 5 rings (SSSR count). The van der Waals surface area contributed by atoms with Gasteiger partial charge in [-0.3, -0.25) is 14.5 Å². The molecule has 3 aromatic rings. The minimum Gasteiger partial charge on any atom is -0.355 e. The lowest BCUT2D eigenvalue weighted by atomic mass is 10.0. The van der Waals surface area contributed by atoms with Gasteiger partial charge in [0.05, 0.1) is 11.3 Å². The highest BCUT2D eigenvalue weighted by Crippen LogP contribution is 2.25. The lowest BCUT2D eigenvalue weighted by molar-refractivity contribution is 0.00859. The van der Waals surface area contributed by atoms with Crippen LogP contribution in [0, 0.1) is 0 Å². The highest BCUT2D eigenvalue weighted by Gasteiger charge is 2.37. The van der Waals surface area contributed by atoms with Crippen molar-refractivity contribution in [1.29, 1.82) is 0 Å². The van der Waals surface area contributed by atoms with Crippen molar-refractivity contribution in [3.05, 3.63) is 96.1 Å². The Hall–Kier alpha value is -3.64. The quantitative estimate of drug-likeness (QED) is 0.657. The monoisotopic (exact) mass is 440 g/mol. The van der Waals surface area contributed by atoms with Crippen LogP contribution in [-0.4, -0.2) is 71.8 Å². The number of amides is 2. The fourth-order valence-corrected chi connectivity index (χ4v) is 4.53. The van der Waals surface area contributed by atoms with Crippen molar-refractivity contribution >= 4 is 23.2 Å². The van der Waals surface area contributed by atoms with Crippen LogP contribution in [0.1, 0.15) is 20.7 Å². The number of anilines is 2. The third kappa shape index (κ3) is 4.61. The molecule has 2 fully saturated rings. The maximum absolute atomic E-state index is 13.2. The Morgan fingerprint density at radius 2 is 1.27 bits per heavy atom. The summed E-state index contributed by atoms with van der Waals surface area (Å²) in [4.78, 5) is 32.1. The van der Waals surface area contributed by atoms with Gasteiger partial charge >= 0.3 is 0 Å². The van der Waals surface area contributed by atoms with E-state index >= 15 is 0 Å². The third-order valence-corrected chi connectivity index (χ3v) is 6.50. The van der Waals surface area contributed by atoms with Gasteiger partial charge < -0.3 is 15.1 Å². The van der Waals surface area contributed by atoms with E-state index < -0.39 is 0 Å². The van der Waals surface area contributed by atoms with Crippen LogP contribution in [0.4, 0.5) is 11.4 Å². The van der Waals surface area contributed by atoms with E-state index in [0.29, 0.717) is 11.6 Å². The Morgan fingerprint density at radius 3 is 1.97 bits per heavy atom. The van der Waals surface area contributed by atoms with Gasteiger partial charge in [-0.05, 0) is 36.4 Å². The van der Waals surface area contributed by atoms with Gasteiger partial charge in [-0.15, -0.1) is 0 Å². The number of nitrogens with zero attached hydrogens (tertiary/aromatic N) is 3. The van der Waals surface area contributed by atoms with Crippen molar-refractivity contribution in [2.24, 2.45) is 0 Å². The number of piperazine rings is 1. The van der Waals surface area contributed by atoms with Crippen LogP contribution in [0.3, 0.4) is 0 Å². The topological polar surface area (TPSA) is 55.9 Å². The minimum absolute atomic E-state index is 0.0585. The number of para-hydroxylation sites is 2. The Labute approximate surface area is 194 Å². The largest absolute Gasteiger partial charge is 0.355 e. The van der Waals surface area contributed by atoms with Crippen molar-refractivity contribution in [2.45, 2.75) is 6.04 Å². The van der Waals surface area contributed by atoms with Gasteiger partial charge in [0.15, 0.2) is 0 Å². The van der Waals surface area contributed by atoms with Crippen molar-refractivity contribution in [3.63, 3.8) is 0 Å². The maximum atomic E-state index is 13.2. The second-order valence-corrected chi connectivity index (χ2v) is 8.59. The highest BCUT2D eigenvalue weighted by molar-refractivity contribution is 6.00. The van der Waals surface area contributed by atoms with Crippen molar-refractivity contribution in [3.8, 4) is 0 Å². The molecular weight excluding hydrogens is 412 g/mol. The van der Waals surface area contributed by atoms with Crippen LogP contribution in [0.25, 0.3) is 0 Å². The van der Waals surface area contributed by atoms with Crippen molar-refractivity contribution in [2.75, 3.05) is 44.6 Å². The molecule has 0 saturated carbocycles. The first-order valence-electron chi connectivity index (χ1n) is 11.5. The summed E-state index contributed by atoms with van der Waals surface area (Å²) in [5.41, 5.74) is 3.22. The molecule has 2 heterocycles. The van der Waals surface area contributed by atoms with Crippen LogP contribution >= 0.6 is 0 Å². The normalized spacial score (nSPS) is 16.8. The van der Waals surface area contributed by atoms with Crippen LogP contribution in [0.5, 0.6) is 0 Å². The summed E-state index contributed by atoms with van der Waals surface area (Å²) in [6.45, 7) is 4.59. The average Bonchev–Trinajstić information content (AvgIpc) is 2.84. The number of rotatable bonds is 5. The molecule has 3 aromatic carbocycles. The van der Waals surface area contributed by atoms with E-state index in [1.807, 2.05) is 94.7 Å². The third-order valence-electron chi connectivity index (χ3n) is 6.50. The number of hydrogen-bond acceptors (Lipinski definition) is 4. The second kappa shape index (κ2) is 9.46. The van der Waals surface area contributed by atoms with Crippen LogP contribution in [-0.2, 0) is 0 Å². The SMILES string of the molecule is O=C(c1ccccc1)N1CCN(C2CN(C(=O)c3ccccc3Nc3ccccc3)C2)CC1. The van der Waals surface area contributed by atoms with Gasteiger partial charge in [-0.25, -0.2) is 0 Å². The van der Waals surface area contributed by atoms with Crippen molar-refractivity contribution in [1.82, 2.24) is 14.7 Å². The standard InChI is InChI=1S/C27H28N4O2/c32-26(21-9-3-1-4-10-21)30-17-15-29(16-18-30)23-19-31(20-23)27(33)24-13-7-8-14-25(24)28-22-11-5-2-6-12-22/h1-14,23,28H,15-20H2. The van der Waals surface area contributed by atoms with Gasteiger partial charge in [0.25, 0.3) is 11.8 Å². The number of hydrogen-bond donors (Lipinski definition) is 1. The maximum Gasteiger partial charge on any atom is 0.256 e. The van der Waals surface area contributed by atoms with Gasteiger partial charge in [-0.1, -0.05) is 48.5 Å². The van der Waals surface area contributed by atoms with Crippen LogP contribution in [0.15, 0.2) is 84.9 Å². The first-order valence-corrected chi connectivity index (χ1v) is 11.5. The summed E-state index contributed by atoms with van der Waals surface area (Å²) in [6, 6.07) is 27.4. The minimum atomic E-state index is 0.0585. The molecule has 0 aliphatic carbocycles. The highest BCUT2D eigenvalue weighted by atomic mass is 16.2. The van der Waals surface area contributed by atoms with Gasteiger partial charge in [0.1, 0.15) is 0 Å². The summed E-state index contributed by atoms with van der Waals surface area (Å²) in [5, 5.41) is 3.36. The second-order valence-electron chi connectivity index (χ2n) is 8.59. The van der Waals surface area contributed by atoms with E-state index in [-0.39, 0.29) is 11.8 Å². The number of carbonyl (C=O) groups excluding carboxylic acids is 2. The number of carbonyl (C=O) groups is 2. The van der Waals surface area contributed by atoms with E-state index in [1.54, 1.807) is 0 Å². The average molecular weight is 441 g/mol. The molecular formula is C27H28N4O2. The first-order chi connectivity index (χ1) is 16.2. The fourth-order valence-electron chi connectivity index (χ4n) is 4.53. The summed E-state index contributed by atoms with van der Waals surface area (Å²) in [6.07, 6.45) is 0. The molecule has 6 heteroatoms. The molecule has 0 atom stereocenters. The van der Waals surface area contributed by atoms with E-state index in [0.717, 1.165) is 56.2 Å². The van der Waals surface area contributed by atoms with Crippen LogP contribution in [0.2, 0.25) is 0 Å². The van der Waals surface area contributed by atoms with E-state index in [2.05, 4.69) is 10.2 Å². The molecule has 0 aromatic heterocycles. The van der Waals surface area contributed by atoms with Gasteiger partial charge in [0, 0.05) is 56.6 Å². The Bertz CT molecular complexity index is 1110. The van der Waals surface area contributed by atoms with E-state index in [4.69, 9.17) is 0 Å². The molecule has 168 valence electrons. The molecule has 0 radical (unpaired) electrons. The van der Waals surface area contributed by atoms with E-state index in [1.165, 1.54) is 0 Å². The zero-order valence-corrected chi connectivity index (χ0v) is 18.6. The Kier molecular flexibility index (Phi) is 6.09. The first kappa shape index (κ1) is 21.2. The molecule has 33 heavy (non-hydrogen) atoms. The van der Waals surface area contributed by atoms with Gasteiger partial charge in [-0.2, -0.15) is 0 Å². The Morgan fingerprint density at radius 1 is 0.667 bits per heavy atom. The Balaban J connectivity index is 1.15. The molecule has 0 bridgehead atoms. The zero-order chi connectivity index (χ0) is 22.6. The zero-order valence-electron chi connectivity index (χ0n) is 18.6. The van der Waals surface area contributed by atoms with Gasteiger partial charge in [0.2, 0.25) is 0 Å². The fraction of sp³-hybridized carbons (Fsp3) is 0.259. The molecule has 0 unspecified atom stereocenters. The number of nitrogens with one attached hydrogen (secondary N) is 1. The molecule has 1 N–H and O–H groups in total. The summed E-state index contributed by atoms with van der Waals surface area (Å²) in [7, 11) is 0. The summed E-state index contributed by atoms with van der Waals surface area (Å²) < 4.78 is 0. The molecule has 2 aliphatic heterocycles. The molecule has 2 saturated heterocycles. The predicted molar refractivity (Wildman–Crippen MR) is 130 cm³/mol.